The van der Waals surface area contributed by atoms with Gasteiger partial charge in [0.15, 0.2) is 11.6 Å². The summed E-state index contributed by atoms with van der Waals surface area (Å²) in [7, 11) is 0. The summed E-state index contributed by atoms with van der Waals surface area (Å²) < 4.78 is 33.4. The maximum absolute atomic E-state index is 14.1. The lowest BCUT2D eigenvalue weighted by Crippen LogP contribution is -2.01. The lowest BCUT2D eigenvalue weighted by atomic mass is 10.1. The summed E-state index contributed by atoms with van der Waals surface area (Å²) in [5.74, 6) is -2.68. The van der Waals surface area contributed by atoms with E-state index >= 15 is 0 Å². The van der Waals surface area contributed by atoms with E-state index in [1.165, 1.54) is 12.1 Å². The SMILES string of the molecule is N#Cc1cc(F)cc(Oc2c(F)cc(Br)cc2CCC(=O)O)c1. The number of aryl methyl sites for hydroxylation is 1. The van der Waals surface area contributed by atoms with Gasteiger partial charge < -0.3 is 9.84 Å². The van der Waals surface area contributed by atoms with Gasteiger partial charge in [0.2, 0.25) is 0 Å². The molecule has 0 saturated carbocycles. The Morgan fingerprint density at radius 2 is 2.00 bits per heavy atom. The predicted molar refractivity (Wildman–Crippen MR) is 81.2 cm³/mol. The number of hydrogen-bond acceptors (Lipinski definition) is 3. The Morgan fingerprint density at radius 1 is 1.26 bits per heavy atom. The largest absolute Gasteiger partial charge is 0.481 e. The highest BCUT2D eigenvalue weighted by Crippen LogP contribution is 2.33. The third kappa shape index (κ3) is 4.50. The monoisotopic (exact) mass is 381 g/mol. The summed E-state index contributed by atoms with van der Waals surface area (Å²) in [6.07, 6.45) is -0.166. The number of carbonyl (C=O) groups is 1. The number of rotatable bonds is 5. The van der Waals surface area contributed by atoms with Crippen molar-refractivity contribution in [1.29, 1.82) is 5.26 Å². The number of halogens is 3. The Morgan fingerprint density at radius 3 is 2.65 bits per heavy atom. The van der Waals surface area contributed by atoms with Crippen LogP contribution in [-0.2, 0) is 11.2 Å². The molecule has 0 bridgehead atoms. The van der Waals surface area contributed by atoms with Crippen LogP contribution in [-0.4, -0.2) is 11.1 Å². The first kappa shape index (κ1) is 16.9. The first-order chi connectivity index (χ1) is 10.9. The van der Waals surface area contributed by atoms with Gasteiger partial charge >= 0.3 is 5.97 Å². The van der Waals surface area contributed by atoms with Crippen LogP contribution in [0.15, 0.2) is 34.8 Å². The van der Waals surface area contributed by atoms with Gasteiger partial charge in [0.1, 0.15) is 11.6 Å². The standard InChI is InChI=1S/C16H10BrF2NO3/c17-11-5-10(1-2-15(21)22)16(14(19)6-11)23-13-4-9(8-20)3-12(18)7-13/h3-7H,1-2H2,(H,21,22). The number of nitrogens with zero attached hydrogens (tertiary/aromatic N) is 1. The van der Waals surface area contributed by atoms with Gasteiger partial charge in [-0.15, -0.1) is 0 Å². The molecule has 0 atom stereocenters. The molecule has 0 spiro atoms. The van der Waals surface area contributed by atoms with Crippen LogP contribution < -0.4 is 4.74 Å². The number of ether oxygens (including phenoxy) is 1. The third-order valence-electron chi connectivity index (χ3n) is 2.91. The van der Waals surface area contributed by atoms with Crippen molar-refractivity contribution >= 4 is 21.9 Å². The number of nitriles is 1. The van der Waals surface area contributed by atoms with E-state index in [0.29, 0.717) is 10.0 Å². The van der Waals surface area contributed by atoms with Crippen LogP contribution in [0.4, 0.5) is 8.78 Å². The molecule has 2 aromatic carbocycles. The lowest BCUT2D eigenvalue weighted by Gasteiger charge is -2.13. The van der Waals surface area contributed by atoms with Gasteiger partial charge in [0.05, 0.1) is 11.6 Å². The van der Waals surface area contributed by atoms with E-state index in [2.05, 4.69) is 15.9 Å². The molecule has 0 fully saturated rings. The summed E-state index contributed by atoms with van der Waals surface area (Å²) in [6.45, 7) is 0. The molecule has 0 amide bonds. The number of aliphatic carboxylic acids is 1. The summed E-state index contributed by atoms with van der Waals surface area (Å²) in [5.41, 5.74) is 0.353. The quantitative estimate of drug-likeness (QED) is 0.832. The highest BCUT2D eigenvalue weighted by molar-refractivity contribution is 9.10. The minimum atomic E-state index is -1.03. The average Bonchev–Trinajstić information content (AvgIpc) is 2.47. The molecule has 2 aromatic rings. The van der Waals surface area contributed by atoms with E-state index < -0.39 is 17.6 Å². The van der Waals surface area contributed by atoms with E-state index in [1.807, 2.05) is 0 Å². The van der Waals surface area contributed by atoms with Crippen LogP contribution in [0.3, 0.4) is 0 Å². The molecule has 0 saturated heterocycles. The Balaban J connectivity index is 2.40. The molecule has 0 aliphatic heterocycles. The maximum atomic E-state index is 14.1. The van der Waals surface area contributed by atoms with Gasteiger partial charge in [0, 0.05) is 17.0 Å². The second-order valence-electron chi connectivity index (χ2n) is 4.66. The zero-order chi connectivity index (χ0) is 17.0. The van der Waals surface area contributed by atoms with Crippen molar-refractivity contribution < 1.29 is 23.4 Å². The molecule has 1 N–H and O–H groups in total. The van der Waals surface area contributed by atoms with Crippen molar-refractivity contribution in [2.75, 3.05) is 0 Å². The van der Waals surface area contributed by atoms with E-state index in [4.69, 9.17) is 15.1 Å². The van der Waals surface area contributed by atoms with Crippen LogP contribution >= 0.6 is 15.9 Å². The predicted octanol–water partition coefficient (Wildman–Crippen LogP) is 4.41. The lowest BCUT2D eigenvalue weighted by molar-refractivity contribution is -0.136. The molecule has 0 radical (unpaired) electrons. The van der Waals surface area contributed by atoms with Gasteiger partial charge in [-0.25, -0.2) is 8.78 Å². The van der Waals surface area contributed by atoms with E-state index in [0.717, 1.165) is 18.2 Å². The van der Waals surface area contributed by atoms with Crippen LogP contribution in [0.2, 0.25) is 0 Å². The van der Waals surface area contributed by atoms with Crippen LogP contribution in [0.25, 0.3) is 0 Å². The van der Waals surface area contributed by atoms with Crippen LogP contribution in [0.5, 0.6) is 11.5 Å². The van der Waals surface area contributed by atoms with Gasteiger partial charge in [-0.1, -0.05) is 15.9 Å². The maximum Gasteiger partial charge on any atom is 0.303 e. The summed E-state index contributed by atoms with van der Waals surface area (Å²) in [6, 6.07) is 7.77. The molecular formula is C16H10BrF2NO3. The van der Waals surface area contributed by atoms with Crippen molar-refractivity contribution in [3.8, 4) is 17.6 Å². The summed E-state index contributed by atoms with van der Waals surface area (Å²) >= 11 is 3.13. The normalized spacial score (nSPS) is 10.2. The molecule has 0 unspecified atom stereocenters. The number of hydrogen-bond donors (Lipinski definition) is 1. The summed E-state index contributed by atoms with van der Waals surface area (Å²) in [4.78, 5) is 10.7. The second kappa shape index (κ2) is 7.20. The van der Waals surface area contributed by atoms with Crippen LogP contribution in [0.1, 0.15) is 17.5 Å². The zero-order valence-corrected chi connectivity index (χ0v) is 13.2. The average molecular weight is 382 g/mol. The van der Waals surface area contributed by atoms with Gasteiger partial charge in [-0.05, 0) is 36.2 Å². The van der Waals surface area contributed by atoms with E-state index in [9.17, 15) is 13.6 Å². The van der Waals surface area contributed by atoms with Crippen LogP contribution in [0, 0.1) is 23.0 Å². The van der Waals surface area contributed by atoms with Gasteiger partial charge in [-0.3, -0.25) is 4.79 Å². The van der Waals surface area contributed by atoms with Crippen molar-refractivity contribution in [2.45, 2.75) is 12.8 Å². The number of carboxylic acid groups (broad SMARTS) is 1. The summed E-state index contributed by atoms with van der Waals surface area (Å²) in [5, 5.41) is 17.6. The Hall–Kier alpha value is -2.46. The first-order valence-electron chi connectivity index (χ1n) is 6.47. The van der Waals surface area contributed by atoms with Crippen molar-refractivity contribution in [3.63, 3.8) is 0 Å². The van der Waals surface area contributed by atoms with Gasteiger partial charge in [0.25, 0.3) is 0 Å². The van der Waals surface area contributed by atoms with E-state index in [-0.39, 0.29) is 29.9 Å². The smallest absolute Gasteiger partial charge is 0.303 e. The topological polar surface area (TPSA) is 70.3 Å². The molecule has 23 heavy (non-hydrogen) atoms. The fourth-order valence-electron chi connectivity index (χ4n) is 1.96. The fourth-order valence-corrected chi connectivity index (χ4v) is 2.44. The Labute approximate surface area is 139 Å². The molecule has 0 heterocycles. The van der Waals surface area contributed by atoms with Gasteiger partial charge in [-0.2, -0.15) is 5.26 Å². The molecular weight excluding hydrogens is 372 g/mol. The molecule has 118 valence electrons. The number of carboxylic acids is 1. The zero-order valence-electron chi connectivity index (χ0n) is 11.6. The fraction of sp³-hybridized carbons (Fsp3) is 0.125. The highest BCUT2D eigenvalue weighted by atomic mass is 79.9. The minimum Gasteiger partial charge on any atom is -0.481 e. The molecule has 2 rings (SSSR count). The first-order valence-corrected chi connectivity index (χ1v) is 7.26. The van der Waals surface area contributed by atoms with Crippen molar-refractivity contribution in [2.24, 2.45) is 0 Å². The highest BCUT2D eigenvalue weighted by Gasteiger charge is 2.15. The molecule has 4 nitrogen and oxygen atoms in total. The molecule has 7 heteroatoms. The molecule has 0 aromatic heterocycles. The van der Waals surface area contributed by atoms with Crippen molar-refractivity contribution in [1.82, 2.24) is 0 Å². The minimum absolute atomic E-state index is 0.0320. The Kier molecular flexibility index (Phi) is 5.29. The molecule has 0 aliphatic rings. The Bertz CT molecular complexity index is 803. The second-order valence-corrected chi connectivity index (χ2v) is 5.57. The number of benzene rings is 2. The van der Waals surface area contributed by atoms with Crippen molar-refractivity contribution in [3.05, 3.63) is 57.6 Å². The molecule has 0 aliphatic carbocycles. The van der Waals surface area contributed by atoms with E-state index in [1.54, 1.807) is 6.07 Å². The third-order valence-corrected chi connectivity index (χ3v) is 3.37.